The molecule has 0 fully saturated rings. The van der Waals surface area contributed by atoms with Crippen LogP contribution in [-0.2, 0) is 6.42 Å². The van der Waals surface area contributed by atoms with Crippen molar-refractivity contribution < 1.29 is 8.78 Å². The quantitative estimate of drug-likeness (QED) is 0.591. The van der Waals surface area contributed by atoms with E-state index in [1.165, 1.54) is 12.1 Å². The number of hydrogen-bond acceptors (Lipinski definition) is 1. The summed E-state index contributed by atoms with van der Waals surface area (Å²) in [5.74, 6) is -1.19. The second kappa shape index (κ2) is 6.64. The maximum atomic E-state index is 13.9. The molecule has 1 atom stereocenters. The predicted octanol–water partition coefficient (Wildman–Crippen LogP) is 5.49. The van der Waals surface area contributed by atoms with Crippen molar-refractivity contribution in [3.05, 3.63) is 66.5 Å². The highest BCUT2D eigenvalue weighted by Gasteiger charge is 2.17. The van der Waals surface area contributed by atoms with Crippen molar-refractivity contribution in [2.45, 2.75) is 12.5 Å². The molecule has 0 radical (unpaired) electrons. The fourth-order valence-electron chi connectivity index (χ4n) is 1.88. The van der Waals surface area contributed by atoms with E-state index < -0.39 is 17.7 Å². The second-order valence-electron chi connectivity index (χ2n) is 4.34. The van der Waals surface area contributed by atoms with Crippen molar-refractivity contribution >= 4 is 47.8 Å². The van der Waals surface area contributed by atoms with E-state index in [0.29, 0.717) is 0 Å². The molecule has 0 spiro atoms. The summed E-state index contributed by atoms with van der Waals surface area (Å²) in [5, 5.41) is 0. The van der Waals surface area contributed by atoms with Crippen molar-refractivity contribution in [1.82, 2.24) is 0 Å². The summed E-state index contributed by atoms with van der Waals surface area (Å²) in [4.78, 5) is 0. The minimum absolute atomic E-state index is 0.0111. The van der Waals surface area contributed by atoms with Crippen LogP contribution in [0.25, 0.3) is 0 Å². The number of benzene rings is 2. The van der Waals surface area contributed by atoms with Gasteiger partial charge in [-0.1, -0.05) is 31.9 Å². The highest BCUT2D eigenvalue weighted by molar-refractivity contribution is 9.11. The van der Waals surface area contributed by atoms with Gasteiger partial charge < -0.3 is 5.73 Å². The Hall–Kier alpha value is -0.300. The van der Waals surface area contributed by atoms with Crippen molar-refractivity contribution in [1.29, 1.82) is 0 Å². The third kappa shape index (κ3) is 3.67. The van der Waals surface area contributed by atoms with Gasteiger partial charge in [0, 0.05) is 20.6 Å². The standard InChI is InChI=1S/C14H10Br3F2N/c15-8-3-7(4-9(16)5-8)13(20)6-10-12(18)2-1-11(17)14(10)19/h1-5,13H,6,20H2. The molecule has 2 rings (SSSR count). The first-order chi connectivity index (χ1) is 9.38. The van der Waals surface area contributed by atoms with E-state index in [9.17, 15) is 8.78 Å². The maximum absolute atomic E-state index is 13.9. The smallest absolute Gasteiger partial charge is 0.143 e. The number of halogens is 5. The maximum Gasteiger partial charge on any atom is 0.143 e. The second-order valence-corrected chi connectivity index (χ2v) is 7.02. The molecule has 2 aromatic carbocycles. The number of rotatable bonds is 3. The minimum atomic E-state index is -0.602. The van der Waals surface area contributed by atoms with Crippen molar-refractivity contribution in [2.75, 3.05) is 0 Å². The molecule has 2 N–H and O–H groups in total. The fourth-order valence-corrected chi connectivity index (χ4v) is 3.58. The van der Waals surface area contributed by atoms with Crippen LogP contribution in [-0.4, -0.2) is 0 Å². The monoisotopic (exact) mass is 467 g/mol. The average molecular weight is 470 g/mol. The van der Waals surface area contributed by atoms with Gasteiger partial charge in [-0.15, -0.1) is 0 Å². The van der Waals surface area contributed by atoms with Crippen LogP contribution in [0, 0.1) is 11.6 Å². The van der Waals surface area contributed by atoms with E-state index in [0.717, 1.165) is 14.5 Å². The topological polar surface area (TPSA) is 26.0 Å². The summed E-state index contributed by atoms with van der Waals surface area (Å²) in [6.07, 6.45) is 0.0833. The molecule has 0 aliphatic heterocycles. The van der Waals surface area contributed by atoms with Crippen LogP contribution < -0.4 is 5.73 Å². The predicted molar refractivity (Wildman–Crippen MR) is 86.5 cm³/mol. The van der Waals surface area contributed by atoms with Gasteiger partial charge in [0.2, 0.25) is 0 Å². The van der Waals surface area contributed by atoms with E-state index in [1.54, 1.807) is 0 Å². The summed E-state index contributed by atoms with van der Waals surface area (Å²) < 4.78 is 29.6. The third-order valence-electron chi connectivity index (χ3n) is 2.88. The zero-order chi connectivity index (χ0) is 14.9. The van der Waals surface area contributed by atoms with Gasteiger partial charge in [-0.2, -0.15) is 0 Å². The summed E-state index contributed by atoms with van der Waals surface area (Å²) in [6.45, 7) is 0. The van der Waals surface area contributed by atoms with Crippen molar-refractivity contribution in [2.24, 2.45) is 5.73 Å². The zero-order valence-electron chi connectivity index (χ0n) is 10.1. The normalized spacial score (nSPS) is 12.5. The molecule has 0 aromatic heterocycles. The third-order valence-corrected chi connectivity index (χ3v) is 4.40. The van der Waals surface area contributed by atoms with Gasteiger partial charge in [-0.3, -0.25) is 0 Å². The molecule has 2 aromatic rings. The molecule has 0 saturated carbocycles. The van der Waals surface area contributed by atoms with Crippen LogP contribution in [0.5, 0.6) is 0 Å². The van der Waals surface area contributed by atoms with E-state index in [2.05, 4.69) is 47.8 Å². The molecule has 0 aliphatic rings. The van der Waals surface area contributed by atoms with Crippen molar-refractivity contribution in [3.63, 3.8) is 0 Å². The summed E-state index contributed by atoms with van der Waals surface area (Å²) >= 11 is 9.78. The zero-order valence-corrected chi connectivity index (χ0v) is 14.9. The lowest BCUT2D eigenvalue weighted by atomic mass is 9.99. The first-order valence-electron chi connectivity index (χ1n) is 5.72. The van der Waals surface area contributed by atoms with E-state index in [-0.39, 0.29) is 16.5 Å². The number of nitrogens with two attached hydrogens (primary N) is 1. The fraction of sp³-hybridized carbons (Fsp3) is 0.143. The molecule has 0 heterocycles. The van der Waals surface area contributed by atoms with E-state index in [4.69, 9.17) is 5.73 Å². The first-order valence-corrected chi connectivity index (χ1v) is 8.10. The van der Waals surface area contributed by atoms with Crippen LogP contribution in [0.2, 0.25) is 0 Å². The molecule has 0 saturated heterocycles. The van der Waals surface area contributed by atoms with Gasteiger partial charge in [0.05, 0.1) is 4.47 Å². The van der Waals surface area contributed by atoms with E-state index >= 15 is 0 Å². The largest absolute Gasteiger partial charge is 0.324 e. The summed E-state index contributed by atoms with van der Waals surface area (Å²) in [5.41, 5.74) is 6.85. The molecule has 1 nitrogen and oxygen atoms in total. The Kier molecular flexibility index (Phi) is 5.34. The Bertz CT molecular complexity index is 626. The molecule has 0 amide bonds. The Balaban J connectivity index is 2.32. The van der Waals surface area contributed by atoms with Gasteiger partial charge in [0.15, 0.2) is 0 Å². The molecule has 0 bridgehead atoms. The first kappa shape index (κ1) is 16.1. The Morgan fingerprint density at radius 3 is 2.20 bits per heavy atom. The van der Waals surface area contributed by atoms with Crippen LogP contribution in [0.4, 0.5) is 8.78 Å². The Morgan fingerprint density at radius 2 is 1.60 bits per heavy atom. The average Bonchev–Trinajstić information content (AvgIpc) is 2.38. The van der Waals surface area contributed by atoms with Gasteiger partial charge in [-0.05, 0) is 58.2 Å². The van der Waals surface area contributed by atoms with Crippen LogP contribution >= 0.6 is 47.8 Å². The minimum Gasteiger partial charge on any atom is -0.324 e. The Morgan fingerprint density at radius 1 is 1.00 bits per heavy atom. The number of hydrogen-bond donors (Lipinski definition) is 1. The summed E-state index contributed by atoms with van der Waals surface area (Å²) in [7, 11) is 0. The highest BCUT2D eigenvalue weighted by atomic mass is 79.9. The molecular formula is C14H10Br3F2N. The lowest BCUT2D eigenvalue weighted by Gasteiger charge is -2.15. The van der Waals surface area contributed by atoms with Gasteiger partial charge >= 0.3 is 0 Å². The van der Waals surface area contributed by atoms with Crippen LogP contribution in [0.1, 0.15) is 17.2 Å². The molecule has 0 aliphatic carbocycles. The van der Waals surface area contributed by atoms with Gasteiger partial charge in [-0.25, -0.2) is 8.78 Å². The molecule has 1 unspecified atom stereocenters. The van der Waals surface area contributed by atoms with E-state index in [1.807, 2.05) is 18.2 Å². The van der Waals surface area contributed by atoms with Gasteiger partial charge in [0.1, 0.15) is 11.6 Å². The highest BCUT2D eigenvalue weighted by Crippen LogP contribution is 2.28. The lowest BCUT2D eigenvalue weighted by molar-refractivity contribution is 0.536. The Labute approximate surface area is 140 Å². The van der Waals surface area contributed by atoms with Crippen LogP contribution in [0.3, 0.4) is 0 Å². The molecule has 20 heavy (non-hydrogen) atoms. The lowest BCUT2D eigenvalue weighted by Crippen LogP contribution is -2.15. The van der Waals surface area contributed by atoms with Crippen molar-refractivity contribution in [3.8, 4) is 0 Å². The SMILES string of the molecule is NC(Cc1c(F)ccc(Br)c1F)c1cc(Br)cc(Br)c1. The molecular weight excluding hydrogens is 460 g/mol. The summed E-state index contributed by atoms with van der Waals surface area (Å²) in [6, 6.07) is 7.62. The molecule has 106 valence electrons. The molecule has 6 heteroatoms. The van der Waals surface area contributed by atoms with Crippen LogP contribution in [0.15, 0.2) is 43.7 Å². The van der Waals surface area contributed by atoms with Gasteiger partial charge in [0.25, 0.3) is 0 Å².